The number of fused-ring (bicyclic) bond motifs is 1. The van der Waals surface area contributed by atoms with E-state index in [4.69, 9.17) is 4.74 Å². The van der Waals surface area contributed by atoms with Gasteiger partial charge in [-0.05, 0) is 63.3 Å². The number of ether oxygens (including phenoxy) is 1. The van der Waals surface area contributed by atoms with Gasteiger partial charge >= 0.3 is 0 Å². The van der Waals surface area contributed by atoms with Gasteiger partial charge in [0.25, 0.3) is 5.91 Å². The Balaban J connectivity index is 1.24. The van der Waals surface area contributed by atoms with Gasteiger partial charge in [0, 0.05) is 25.7 Å². The highest BCUT2D eigenvalue weighted by molar-refractivity contribution is 9.10. The van der Waals surface area contributed by atoms with Crippen molar-refractivity contribution in [3.63, 3.8) is 0 Å². The van der Waals surface area contributed by atoms with Crippen LogP contribution in [0.5, 0.6) is 5.75 Å². The van der Waals surface area contributed by atoms with Crippen LogP contribution in [0.4, 0.5) is 8.78 Å². The van der Waals surface area contributed by atoms with Crippen LogP contribution in [-0.2, 0) is 11.3 Å². The Morgan fingerprint density at radius 2 is 1.84 bits per heavy atom. The normalized spacial score (nSPS) is 15.2. The molecule has 4 rings (SSSR count). The van der Waals surface area contributed by atoms with Crippen molar-refractivity contribution in [1.29, 1.82) is 0 Å². The van der Waals surface area contributed by atoms with Crippen molar-refractivity contribution in [1.82, 2.24) is 10.2 Å². The highest BCUT2D eigenvalue weighted by Gasteiger charge is 2.21. The number of nitrogens with one attached hydrogen (secondary N) is 1. The summed E-state index contributed by atoms with van der Waals surface area (Å²) >= 11 is 3.57. The number of rotatable bonds is 6. The minimum atomic E-state index is -0.830. The minimum absolute atomic E-state index is 0.0496. The average molecular weight is 489 g/mol. The molecule has 4 nitrogen and oxygen atoms in total. The third kappa shape index (κ3) is 5.40. The van der Waals surface area contributed by atoms with E-state index < -0.39 is 11.6 Å². The summed E-state index contributed by atoms with van der Waals surface area (Å²) in [5.41, 5.74) is 0.746. The number of hydrogen-bond donors (Lipinski definition) is 1. The Hall–Kier alpha value is -2.51. The third-order valence-corrected chi connectivity index (χ3v) is 6.35. The molecule has 0 bridgehead atoms. The molecule has 0 unspecified atom stereocenters. The van der Waals surface area contributed by atoms with Crippen LogP contribution >= 0.6 is 15.9 Å². The predicted octanol–water partition coefficient (Wildman–Crippen LogP) is 5.04. The van der Waals surface area contributed by atoms with Gasteiger partial charge in [0.05, 0.1) is 4.47 Å². The molecule has 1 amide bonds. The molecule has 0 radical (unpaired) electrons. The van der Waals surface area contributed by atoms with Crippen molar-refractivity contribution < 1.29 is 18.3 Å². The average Bonchev–Trinajstić information content (AvgIpc) is 2.77. The van der Waals surface area contributed by atoms with E-state index in [0.29, 0.717) is 12.3 Å². The van der Waals surface area contributed by atoms with Crippen LogP contribution in [0.1, 0.15) is 18.4 Å². The van der Waals surface area contributed by atoms with Gasteiger partial charge in [0.1, 0.15) is 5.75 Å². The monoisotopic (exact) mass is 488 g/mol. The molecule has 1 saturated heterocycles. The summed E-state index contributed by atoms with van der Waals surface area (Å²) < 4.78 is 33.0. The molecule has 1 N–H and O–H groups in total. The van der Waals surface area contributed by atoms with Gasteiger partial charge in [-0.25, -0.2) is 8.78 Å². The summed E-state index contributed by atoms with van der Waals surface area (Å²) in [5.74, 6) is -1.17. The van der Waals surface area contributed by atoms with E-state index in [2.05, 4.69) is 26.1 Å². The summed E-state index contributed by atoms with van der Waals surface area (Å²) in [5, 5.41) is 5.17. The Labute approximate surface area is 188 Å². The molecule has 162 valence electrons. The van der Waals surface area contributed by atoms with E-state index in [1.54, 1.807) is 6.07 Å². The smallest absolute Gasteiger partial charge is 0.258 e. The third-order valence-electron chi connectivity index (χ3n) is 5.53. The minimum Gasteiger partial charge on any atom is -0.483 e. The molecule has 0 aromatic heterocycles. The lowest BCUT2D eigenvalue weighted by Gasteiger charge is -2.32. The molecule has 7 heteroatoms. The molecule has 0 atom stereocenters. The second-order valence-corrected chi connectivity index (χ2v) is 8.55. The second kappa shape index (κ2) is 9.75. The maximum atomic E-state index is 13.4. The van der Waals surface area contributed by atoms with Crippen LogP contribution in [-0.4, -0.2) is 36.5 Å². The Morgan fingerprint density at radius 1 is 1.06 bits per heavy atom. The standard InChI is InChI=1S/C24H23BrF2N2O2/c25-24-19-4-2-1-3-17(19)6-8-22(24)31-15-23(30)28-18-9-11-29(12-10-18)14-16-5-7-20(26)21(27)13-16/h1-8,13,18H,9-12,14-15H2,(H,28,30). The van der Waals surface area contributed by atoms with E-state index in [-0.39, 0.29) is 18.6 Å². The van der Waals surface area contributed by atoms with Gasteiger partial charge < -0.3 is 10.1 Å². The zero-order valence-electron chi connectivity index (χ0n) is 16.9. The number of benzene rings is 3. The topological polar surface area (TPSA) is 41.6 Å². The Morgan fingerprint density at radius 3 is 2.61 bits per heavy atom. The number of halogens is 3. The van der Waals surface area contributed by atoms with Crippen LogP contribution in [0, 0.1) is 11.6 Å². The van der Waals surface area contributed by atoms with Crippen molar-refractivity contribution >= 4 is 32.6 Å². The molecule has 31 heavy (non-hydrogen) atoms. The molecule has 0 aliphatic carbocycles. The van der Waals surface area contributed by atoms with Gasteiger partial charge in [-0.15, -0.1) is 0 Å². The van der Waals surface area contributed by atoms with Gasteiger partial charge in [0.2, 0.25) is 0 Å². The maximum absolute atomic E-state index is 13.4. The van der Waals surface area contributed by atoms with Gasteiger partial charge in [-0.3, -0.25) is 9.69 Å². The molecular formula is C24H23BrF2N2O2. The van der Waals surface area contributed by atoms with E-state index in [0.717, 1.165) is 52.8 Å². The van der Waals surface area contributed by atoms with Crippen LogP contribution < -0.4 is 10.1 Å². The number of likely N-dealkylation sites (tertiary alicyclic amines) is 1. The Kier molecular flexibility index (Phi) is 6.83. The fourth-order valence-electron chi connectivity index (χ4n) is 3.87. The number of piperidine rings is 1. The zero-order valence-corrected chi connectivity index (χ0v) is 18.5. The first-order chi connectivity index (χ1) is 15.0. The van der Waals surface area contributed by atoms with Gasteiger partial charge in [0.15, 0.2) is 18.2 Å². The molecule has 1 fully saturated rings. The first kappa shape index (κ1) is 21.7. The van der Waals surface area contributed by atoms with Crippen molar-refractivity contribution in [2.45, 2.75) is 25.4 Å². The van der Waals surface area contributed by atoms with Gasteiger partial charge in [-0.2, -0.15) is 0 Å². The van der Waals surface area contributed by atoms with Crippen molar-refractivity contribution in [3.05, 3.63) is 76.3 Å². The SMILES string of the molecule is O=C(COc1ccc2ccccc2c1Br)NC1CCN(Cc2ccc(F)c(F)c2)CC1. The molecule has 0 saturated carbocycles. The first-order valence-electron chi connectivity index (χ1n) is 10.3. The van der Waals surface area contributed by atoms with Crippen LogP contribution in [0.15, 0.2) is 59.1 Å². The summed E-state index contributed by atoms with van der Waals surface area (Å²) in [6.45, 7) is 2.07. The highest BCUT2D eigenvalue weighted by Crippen LogP contribution is 2.33. The molecule has 0 spiro atoms. The second-order valence-electron chi connectivity index (χ2n) is 7.75. The lowest BCUT2D eigenvalue weighted by atomic mass is 10.0. The summed E-state index contributed by atoms with van der Waals surface area (Å²) in [4.78, 5) is 14.5. The molecule has 3 aromatic rings. The van der Waals surface area contributed by atoms with Gasteiger partial charge in [-0.1, -0.05) is 36.4 Å². The van der Waals surface area contributed by atoms with Crippen LogP contribution in [0.3, 0.4) is 0 Å². The molecule has 1 aliphatic heterocycles. The maximum Gasteiger partial charge on any atom is 0.258 e. The van der Waals surface area contributed by atoms with Crippen molar-refractivity contribution in [3.8, 4) is 5.75 Å². The van der Waals surface area contributed by atoms with Crippen molar-refractivity contribution in [2.75, 3.05) is 19.7 Å². The first-order valence-corrected chi connectivity index (χ1v) is 11.0. The number of nitrogens with zero attached hydrogens (tertiary/aromatic N) is 1. The van der Waals surface area contributed by atoms with E-state index in [1.807, 2.05) is 36.4 Å². The van der Waals surface area contributed by atoms with Crippen LogP contribution in [0.25, 0.3) is 10.8 Å². The van der Waals surface area contributed by atoms with Crippen molar-refractivity contribution in [2.24, 2.45) is 0 Å². The zero-order chi connectivity index (χ0) is 21.8. The summed E-state index contributed by atoms with van der Waals surface area (Å²) in [6, 6.07) is 15.9. The highest BCUT2D eigenvalue weighted by atomic mass is 79.9. The lowest BCUT2D eigenvalue weighted by molar-refractivity contribution is -0.124. The van der Waals surface area contributed by atoms with E-state index >= 15 is 0 Å². The molecule has 1 heterocycles. The fourth-order valence-corrected chi connectivity index (χ4v) is 4.48. The summed E-state index contributed by atoms with van der Waals surface area (Å²) in [7, 11) is 0. The number of amides is 1. The molecular weight excluding hydrogens is 466 g/mol. The largest absolute Gasteiger partial charge is 0.483 e. The summed E-state index contributed by atoms with van der Waals surface area (Å²) in [6.07, 6.45) is 1.60. The molecule has 1 aliphatic rings. The number of carbonyl (C=O) groups excluding carboxylic acids is 1. The fraction of sp³-hybridized carbons (Fsp3) is 0.292. The van der Waals surface area contributed by atoms with E-state index in [1.165, 1.54) is 6.07 Å². The predicted molar refractivity (Wildman–Crippen MR) is 120 cm³/mol. The quantitative estimate of drug-likeness (QED) is 0.528. The molecule has 3 aromatic carbocycles. The van der Waals surface area contributed by atoms with Crippen LogP contribution in [0.2, 0.25) is 0 Å². The lowest BCUT2D eigenvalue weighted by Crippen LogP contribution is -2.45. The van der Waals surface area contributed by atoms with E-state index in [9.17, 15) is 13.6 Å². The Bertz CT molecular complexity index is 1080. The number of carbonyl (C=O) groups is 1. The number of hydrogen-bond acceptors (Lipinski definition) is 3.